The van der Waals surface area contributed by atoms with E-state index in [0.29, 0.717) is 37.9 Å². The highest BCUT2D eigenvalue weighted by atomic mass is 35.5. The van der Waals surface area contributed by atoms with Gasteiger partial charge in [0.1, 0.15) is 5.75 Å². The molecular weight excluding hydrogens is 432 g/mol. The Morgan fingerprint density at radius 3 is 2.48 bits per heavy atom. The van der Waals surface area contributed by atoms with Gasteiger partial charge in [0.05, 0.1) is 22.1 Å². The second-order valence-electron chi connectivity index (χ2n) is 5.82. The first-order valence-electron chi connectivity index (χ1n) is 8.51. The van der Waals surface area contributed by atoms with Crippen molar-refractivity contribution in [1.29, 1.82) is 0 Å². The molecule has 29 heavy (non-hydrogen) atoms. The van der Waals surface area contributed by atoms with E-state index in [-0.39, 0.29) is 11.6 Å². The number of ether oxygens (including phenoxy) is 1. The van der Waals surface area contributed by atoms with Crippen molar-refractivity contribution in [2.24, 2.45) is 0 Å². The second kappa shape index (κ2) is 9.21. The highest BCUT2D eigenvalue weighted by Crippen LogP contribution is 2.36. The van der Waals surface area contributed by atoms with Crippen molar-refractivity contribution in [2.45, 2.75) is 6.92 Å². The molecule has 1 aliphatic rings. The van der Waals surface area contributed by atoms with Crippen LogP contribution in [0.4, 0.5) is 11.4 Å². The molecule has 1 aliphatic heterocycles. The van der Waals surface area contributed by atoms with Crippen molar-refractivity contribution in [3.05, 3.63) is 80.2 Å². The number of nitro groups is 1. The summed E-state index contributed by atoms with van der Waals surface area (Å²) in [7, 11) is 0. The van der Waals surface area contributed by atoms with Gasteiger partial charge in [-0.15, -0.1) is 0 Å². The molecule has 0 spiro atoms. The summed E-state index contributed by atoms with van der Waals surface area (Å²) in [4.78, 5) is 24.9. The number of non-ortho nitro benzene ring substituents is 1. The van der Waals surface area contributed by atoms with Gasteiger partial charge in [0.2, 0.25) is 0 Å². The summed E-state index contributed by atoms with van der Waals surface area (Å²) >= 11 is 12.8. The van der Waals surface area contributed by atoms with E-state index in [1.807, 2.05) is 6.92 Å². The standard InChI is InChI=1S/C20H15ClN2O4S2/c1-2-27-17-9-7-15(8-10-17)22-19(24)18(29-20(22)28)12-14(21)11-13-3-5-16(6-4-13)23(25)26/h3-12H,2H2,1H3/b14-11-,18-12-. The first-order chi connectivity index (χ1) is 13.9. The van der Waals surface area contributed by atoms with Gasteiger partial charge in [-0.3, -0.25) is 19.8 Å². The number of benzene rings is 2. The maximum Gasteiger partial charge on any atom is 0.270 e. The van der Waals surface area contributed by atoms with Crippen LogP contribution < -0.4 is 9.64 Å². The van der Waals surface area contributed by atoms with E-state index in [2.05, 4.69) is 0 Å². The van der Waals surface area contributed by atoms with Crippen molar-refractivity contribution in [2.75, 3.05) is 11.5 Å². The molecule has 9 heteroatoms. The molecule has 0 radical (unpaired) electrons. The fourth-order valence-corrected chi connectivity index (χ4v) is 4.16. The van der Waals surface area contributed by atoms with Crippen LogP contribution in [0.25, 0.3) is 6.08 Å². The molecule has 0 aromatic heterocycles. The largest absolute Gasteiger partial charge is 0.494 e. The summed E-state index contributed by atoms with van der Waals surface area (Å²) in [6.07, 6.45) is 3.16. The number of nitrogens with zero attached hydrogens (tertiary/aromatic N) is 2. The van der Waals surface area contributed by atoms with Crippen LogP contribution in [-0.2, 0) is 4.79 Å². The van der Waals surface area contributed by atoms with E-state index >= 15 is 0 Å². The predicted molar refractivity (Wildman–Crippen MR) is 120 cm³/mol. The average molecular weight is 447 g/mol. The molecule has 148 valence electrons. The average Bonchev–Trinajstić information content (AvgIpc) is 2.96. The molecule has 3 rings (SSSR count). The molecule has 0 bridgehead atoms. The number of allylic oxidation sites excluding steroid dienone is 2. The first kappa shape index (κ1) is 21.0. The van der Waals surface area contributed by atoms with Crippen LogP contribution in [-0.4, -0.2) is 21.8 Å². The Hall–Kier alpha value is -2.68. The summed E-state index contributed by atoms with van der Waals surface area (Å²) in [5.41, 5.74) is 1.32. The van der Waals surface area contributed by atoms with Gasteiger partial charge in [-0.2, -0.15) is 0 Å². The number of thioether (sulfide) groups is 1. The van der Waals surface area contributed by atoms with Gasteiger partial charge in [0.15, 0.2) is 4.32 Å². The van der Waals surface area contributed by atoms with Crippen molar-refractivity contribution in [3.8, 4) is 5.75 Å². The summed E-state index contributed by atoms with van der Waals surface area (Å²) in [5.74, 6) is 0.450. The van der Waals surface area contributed by atoms with Gasteiger partial charge < -0.3 is 4.74 Å². The SMILES string of the molecule is CCOc1ccc(N2C(=O)/C(=C/C(Cl)=C/c3ccc([N+](=O)[O-])cc3)SC2=S)cc1. The molecule has 1 heterocycles. The van der Waals surface area contributed by atoms with E-state index in [0.717, 1.165) is 11.8 Å². The molecule has 0 N–H and O–H groups in total. The number of hydrogen-bond donors (Lipinski definition) is 0. The van der Waals surface area contributed by atoms with Gasteiger partial charge in [-0.25, -0.2) is 0 Å². The number of anilines is 1. The third-order valence-corrected chi connectivity index (χ3v) is 5.40. The Bertz CT molecular complexity index is 1020. The fraction of sp³-hybridized carbons (Fsp3) is 0.100. The van der Waals surface area contributed by atoms with Gasteiger partial charge in [-0.1, -0.05) is 35.6 Å². The Morgan fingerprint density at radius 2 is 1.90 bits per heavy atom. The number of rotatable bonds is 6. The highest BCUT2D eigenvalue weighted by Gasteiger charge is 2.33. The topological polar surface area (TPSA) is 72.7 Å². The summed E-state index contributed by atoms with van der Waals surface area (Å²) < 4.78 is 5.82. The minimum absolute atomic E-state index is 0.00509. The molecule has 0 unspecified atom stereocenters. The van der Waals surface area contributed by atoms with Crippen molar-refractivity contribution >= 4 is 63.3 Å². The lowest BCUT2D eigenvalue weighted by molar-refractivity contribution is -0.384. The normalized spacial score (nSPS) is 15.9. The van der Waals surface area contributed by atoms with Crippen molar-refractivity contribution < 1.29 is 14.5 Å². The van der Waals surface area contributed by atoms with E-state index in [9.17, 15) is 14.9 Å². The maximum atomic E-state index is 12.8. The molecule has 0 aliphatic carbocycles. The minimum Gasteiger partial charge on any atom is -0.494 e. The van der Waals surface area contributed by atoms with Gasteiger partial charge >= 0.3 is 0 Å². The molecule has 0 atom stereocenters. The molecular formula is C20H15ClN2O4S2. The lowest BCUT2D eigenvalue weighted by atomic mass is 10.2. The summed E-state index contributed by atoms with van der Waals surface area (Å²) in [5, 5.41) is 11.0. The Labute approximate surface area is 181 Å². The molecule has 2 aromatic rings. The lowest BCUT2D eigenvalue weighted by Gasteiger charge is -2.15. The quantitative estimate of drug-likeness (QED) is 0.252. The number of amides is 1. The Morgan fingerprint density at radius 1 is 1.24 bits per heavy atom. The smallest absolute Gasteiger partial charge is 0.270 e. The molecule has 1 saturated heterocycles. The van der Waals surface area contributed by atoms with Crippen LogP contribution in [0, 0.1) is 10.1 Å². The Balaban J connectivity index is 1.78. The van der Waals surface area contributed by atoms with Crippen LogP contribution in [0.1, 0.15) is 12.5 Å². The third kappa shape index (κ3) is 5.03. The van der Waals surface area contributed by atoms with Crippen LogP contribution in [0.5, 0.6) is 5.75 Å². The molecule has 1 amide bonds. The van der Waals surface area contributed by atoms with Gasteiger partial charge in [0, 0.05) is 17.2 Å². The number of nitro benzene ring substituents is 1. The second-order valence-corrected chi connectivity index (χ2v) is 7.93. The molecule has 1 fully saturated rings. The van der Waals surface area contributed by atoms with E-state index < -0.39 is 4.92 Å². The third-order valence-electron chi connectivity index (χ3n) is 3.88. The number of carbonyl (C=O) groups is 1. The number of carbonyl (C=O) groups excluding carboxylic acids is 1. The maximum absolute atomic E-state index is 12.8. The number of hydrogen-bond acceptors (Lipinski definition) is 6. The van der Waals surface area contributed by atoms with Crippen LogP contribution in [0.3, 0.4) is 0 Å². The van der Waals surface area contributed by atoms with Gasteiger partial charge in [0.25, 0.3) is 11.6 Å². The van der Waals surface area contributed by atoms with Crippen LogP contribution >= 0.6 is 35.6 Å². The Kier molecular flexibility index (Phi) is 6.68. The fourth-order valence-electron chi connectivity index (χ4n) is 2.57. The van der Waals surface area contributed by atoms with Crippen LogP contribution in [0.2, 0.25) is 0 Å². The zero-order valence-electron chi connectivity index (χ0n) is 15.2. The van der Waals surface area contributed by atoms with Crippen LogP contribution in [0.15, 0.2) is 64.5 Å². The number of halogens is 1. The van der Waals surface area contributed by atoms with E-state index in [4.69, 9.17) is 28.6 Å². The van der Waals surface area contributed by atoms with E-state index in [1.165, 1.54) is 23.1 Å². The van der Waals surface area contributed by atoms with E-state index in [1.54, 1.807) is 42.5 Å². The van der Waals surface area contributed by atoms with Gasteiger partial charge in [-0.05, 0) is 61.0 Å². The highest BCUT2D eigenvalue weighted by molar-refractivity contribution is 8.27. The first-order valence-corrected chi connectivity index (χ1v) is 10.1. The summed E-state index contributed by atoms with van der Waals surface area (Å²) in [6, 6.07) is 13.0. The molecule has 2 aromatic carbocycles. The van der Waals surface area contributed by atoms with Crippen molar-refractivity contribution in [3.63, 3.8) is 0 Å². The number of thiocarbonyl (C=S) groups is 1. The monoisotopic (exact) mass is 446 g/mol. The van der Waals surface area contributed by atoms with Crippen molar-refractivity contribution in [1.82, 2.24) is 0 Å². The lowest BCUT2D eigenvalue weighted by Crippen LogP contribution is -2.27. The molecule has 0 saturated carbocycles. The minimum atomic E-state index is -0.471. The predicted octanol–water partition coefficient (Wildman–Crippen LogP) is 5.52. The zero-order valence-corrected chi connectivity index (χ0v) is 17.6. The molecule has 6 nitrogen and oxygen atoms in total. The zero-order chi connectivity index (χ0) is 21.0. The summed E-state index contributed by atoms with van der Waals surface area (Å²) in [6.45, 7) is 2.46.